The minimum atomic E-state index is -1.14. The third kappa shape index (κ3) is 6.55. The predicted molar refractivity (Wildman–Crippen MR) is 194 cm³/mol. The zero-order chi connectivity index (χ0) is 35.9. The highest BCUT2D eigenvalue weighted by Gasteiger charge is 2.35. The molecule has 51 heavy (non-hydrogen) atoms. The van der Waals surface area contributed by atoms with E-state index in [4.69, 9.17) is 9.97 Å². The molecule has 1 saturated heterocycles. The zero-order valence-electron chi connectivity index (χ0n) is 28.4. The van der Waals surface area contributed by atoms with Gasteiger partial charge in [0, 0.05) is 37.1 Å². The Hall–Kier alpha value is -5.95. The lowest BCUT2D eigenvalue weighted by Gasteiger charge is -2.33. The lowest BCUT2D eigenvalue weighted by atomic mass is 10.0. The van der Waals surface area contributed by atoms with Gasteiger partial charge in [-0.25, -0.2) is 24.5 Å². The molecule has 1 fully saturated rings. The van der Waals surface area contributed by atoms with Crippen LogP contribution >= 0.6 is 0 Å². The Labute approximate surface area is 294 Å². The van der Waals surface area contributed by atoms with Crippen LogP contribution in [0.4, 0.5) is 22.0 Å². The summed E-state index contributed by atoms with van der Waals surface area (Å²) in [6, 6.07) is 16.9. The standard InChI is InChI=1S/C38H38FN9O3/c1-5-17-47-23(2)29-22-40-37(43-34(29)48(47)33-12-8-11-32(42-33)38(3,4)51)46-18-15-25(16-19-46)41-35(49)28-20-24(13-14-30(28)39)21-31-26-9-6-7-10-27(26)36(50)45-44-31/h5-14,20,22,25,51H,1-2,15-19,21H2,3-4H3,(H,41,49)(H,45,50). The van der Waals surface area contributed by atoms with Gasteiger partial charge in [-0.2, -0.15) is 10.1 Å². The molecule has 260 valence electrons. The van der Waals surface area contributed by atoms with Crippen LogP contribution in [0.3, 0.4) is 0 Å². The molecule has 1 amide bonds. The van der Waals surface area contributed by atoms with Gasteiger partial charge in [0.05, 0.1) is 40.1 Å². The van der Waals surface area contributed by atoms with Gasteiger partial charge in [-0.15, -0.1) is 6.58 Å². The molecular weight excluding hydrogens is 649 g/mol. The van der Waals surface area contributed by atoms with Gasteiger partial charge in [-0.05, 0) is 62.6 Å². The van der Waals surface area contributed by atoms with Crippen LogP contribution in [0.25, 0.3) is 16.5 Å². The number of anilines is 3. The summed E-state index contributed by atoms with van der Waals surface area (Å²) in [7, 11) is 0. The van der Waals surface area contributed by atoms with Gasteiger partial charge >= 0.3 is 0 Å². The molecule has 3 aromatic heterocycles. The Morgan fingerprint density at radius 3 is 2.61 bits per heavy atom. The summed E-state index contributed by atoms with van der Waals surface area (Å²) in [5.74, 6) is 0.611. The van der Waals surface area contributed by atoms with E-state index in [0.717, 1.165) is 5.56 Å². The molecule has 7 rings (SSSR count). The van der Waals surface area contributed by atoms with Gasteiger partial charge in [-0.3, -0.25) is 14.6 Å². The summed E-state index contributed by atoms with van der Waals surface area (Å²) >= 11 is 0. The average Bonchev–Trinajstić information content (AvgIpc) is 3.40. The first-order chi connectivity index (χ1) is 24.5. The number of pyridine rings is 1. The van der Waals surface area contributed by atoms with Crippen LogP contribution in [-0.2, 0) is 12.0 Å². The number of benzene rings is 2. The highest BCUT2D eigenvalue weighted by atomic mass is 19.1. The maximum Gasteiger partial charge on any atom is 0.272 e. The summed E-state index contributed by atoms with van der Waals surface area (Å²) in [5, 5.41) is 25.4. The number of rotatable bonds is 9. The Balaban J connectivity index is 1.05. The number of carbonyl (C=O) groups excluding carboxylic acids is 1. The van der Waals surface area contributed by atoms with Crippen molar-refractivity contribution in [2.45, 2.75) is 44.8 Å². The Morgan fingerprint density at radius 2 is 1.86 bits per heavy atom. The average molecular weight is 688 g/mol. The minimum Gasteiger partial charge on any atom is -0.384 e. The predicted octanol–water partition coefficient (Wildman–Crippen LogP) is 4.99. The molecule has 5 aromatic rings. The molecule has 0 atom stereocenters. The van der Waals surface area contributed by atoms with E-state index >= 15 is 0 Å². The molecule has 2 aliphatic rings. The molecule has 5 heterocycles. The van der Waals surface area contributed by atoms with Crippen molar-refractivity contribution in [1.82, 2.24) is 35.5 Å². The van der Waals surface area contributed by atoms with Gasteiger partial charge in [0.1, 0.15) is 11.4 Å². The number of halogens is 1. The fourth-order valence-electron chi connectivity index (χ4n) is 6.53. The van der Waals surface area contributed by atoms with Crippen LogP contribution in [0.1, 0.15) is 59.6 Å². The van der Waals surface area contributed by atoms with Crippen molar-refractivity contribution in [1.29, 1.82) is 0 Å². The van der Waals surface area contributed by atoms with E-state index in [2.05, 4.69) is 38.6 Å². The molecule has 12 nitrogen and oxygen atoms in total. The monoisotopic (exact) mass is 687 g/mol. The molecule has 3 N–H and O–H groups in total. The quantitative estimate of drug-likeness (QED) is 0.181. The van der Waals surface area contributed by atoms with Crippen molar-refractivity contribution in [3.8, 4) is 0 Å². The first-order valence-corrected chi connectivity index (χ1v) is 16.8. The molecule has 2 aliphatic heterocycles. The molecule has 0 bridgehead atoms. The molecule has 13 heteroatoms. The van der Waals surface area contributed by atoms with Gasteiger partial charge in [-0.1, -0.05) is 43.0 Å². The Morgan fingerprint density at radius 1 is 1.10 bits per heavy atom. The van der Waals surface area contributed by atoms with E-state index in [9.17, 15) is 19.1 Å². The van der Waals surface area contributed by atoms with E-state index < -0.39 is 17.3 Å². The lowest BCUT2D eigenvalue weighted by Crippen LogP contribution is -2.45. The minimum absolute atomic E-state index is 0.0442. The molecular formula is C38H38FN9O3. The number of hydrazine groups is 1. The number of aromatic nitrogens is 5. The number of piperidine rings is 1. The maximum atomic E-state index is 15.0. The second-order valence-corrected chi connectivity index (χ2v) is 13.2. The smallest absolute Gasteiger partial charge is 0.272 e. The summed E-state index contributed by atoms with van der Waals surface area (Å²) in [5.41, 5.74) is 1.83. The highest BCUT2D eigenvalue weighted by molar-refractivity contribution is 5.95. The van der Waals surface area contributed by atoms with E-state index in [-0.39, 0.29) is 17.2 Å². The van der Waals surface area contributed by atoms with Gasteiger partial charge in [0.15, 0.2) is 11.6 Å². The number of hydrogen-bond acceptors (Lipinski definition) is 10. The van der Waals surface area contributed by atoms with Crippen LogP contribution in [0.2, 0.25) is 0 Å². The molecule has 0 unspecified atom stereocenters. The van der Waals surface area contributed by atoms with Crippen LogP contribution in [-0.4, -0.2) is 66.8 Å². The number of aromatic amines is 1. The van der Waals surface area contributed by atoms with Gasteiger partial charge in [0.25, 0.3) is 11.5 Å². The van der Waals surface area contributed by atoms with Gasteiger partial charge < -0.3 is 15.3 Å². The molecule has 0 saturated carbocycles. The first kappa shape index (κ1) is 33.5. The van der Waals surface area contributed by atoms with E-state index in [1.165, 1.54) is 6.07 Å². The van der Waals surface area contributed by atoms with Crippen molar-refractivity contribution in [3.63, 3.8) is 0 Å². The number of nitrogens with one attached hydrogen (secondary N) is 2. The SMILES string of the molecule is C=CCN1C(=C)c2cnc(N3CCC(NC(=O)c4cc(Cc5n[nH]c(=O)c6ccccc56)ccc4F)CC3)nc2N1c1cccc(C(C)(C)O)n1. The molecule has 0 spiro atoms. The van der Waals surface area contributed by atoms with E-state index in [1.807, 2.05) is 34.3 Å². The highest BCUT2D eigenvalue weighted by Crippen LogP contribution is 2.42. The summed E-state index contributed by atoms with van der Waals surface area (Å²) < 4.78 is 15.0. The van der Waals surface area contributed by atoms with Crippen LogP contribution in [0.5, 0.6) is 0 Å². The zero-order valence-corrected chi connectivity index (χ0v) is 28.4. The van der Waals surface area contributed by atoms with Crippen molar-refractivity contribution >= 4 is 40.0 Å². The maximum absolute atomic E-state index is 15.0. The first-order valence-electron chi connectivity index (χ1n) is 16.8. The third-order valence-corrected chi connectivity index (χ3v) is 9.24. The fraction of sp³-hybridized carbons (Fsp3) is 0.263. The van der Waals surface area contributed by atoms with Crippen molar-refractivity contribution in [2.24, 2.45) is 0 Å². The number of fused-ring (bicyclic) bond motifs is 2. The summed E-state index contributed by atoms with van der Waals surface area (Å²) in [6.45, 7) is 13.2. The summed E-state index contributed by atoms with van der Waals surface area (Å²) in [4.78, 5) is 42.0. The summed E-state index contributed by atoms with van der Waals surface area (Å²) in [6.07, 6.45) is 5.05. The van der Waals surface area contributed by atoms with Crippen molar-refractivity contribution in [2.75, 3.05) is 29.5 Å². The molecule has 2 aromatic carbocycles. The third-order valence-electron chi connectivity index (χ3n) is 9.24. The second-order valence-electron chi connectivity index (χ2n) is 13.2. The topological polar surface area (TPSA) is 143 Å². The molecule has 0 radical (unpaired) electrons. The van der Waals surface area contributed by atoms with Crippen LogP contribution in [0, 0.1) is 5.82 Å². The van der Waals surface area contributed by atoms with Gasteiger partial charge in [0.2, 0.25) is 5.95 Å². The van der Waals surface area contributed by atoms with Crippen molar-refractivity contribution in [3.05, 3.63) is 130 Å². The number of hydrogen-bond donors (Lipinski definition) is 3. The van der Waals surface area contributed by atoms with E-state index in [1.54, 1.807) is 56.5 Å². The Kier molecular flexibility index (Phi) is 8.81. The van der Waals surface area contributed by atoms with Crippen molar-refractivity contribution < 1.29 is 14.3 Å². The normalized spacial score (nSPS) is 15.0. The lowest BCUT2D eigenvalue weighted by molar-refractivity contribution is 0.0738. The molecule has 0 aliphatic carbocycles. The number of carbonyl (C=O) groups is 1. The number of nitrogens with zero attached hydrogens (tertiary/aromatic N) is 7. The van der Waals surface area contributed by atoms with Crippen LogP contribution in [0.15, 0.2) is 90.9 Å². The largest absolute Gasteiger partial charge is 0.384 e. The number of H-pyrrole nitrogens is 1. The van der Waals surface area contributed by atoms with Crippen LogP contribution < -0.4 is 20.8 Å². The van der Waals surface area contributed by atoms with E-state index in [0.29, 0.717) is 89.9 Å². The number of amides is 1. The Bertz CT molecular complexity index is 2220. The fourth-order valence-corrected chi connectivity index (χ4v) is 6.53. The second kappa shape index (κ2) is 13.4. The number of aliphatic hydroxyl groups is 1.